The summed E-state index contributed by atoms with van der Waals surface area (Å²) in [6.45, 7) is 4.75. The van der Waals surface area contributed by atoms with Crippen LogP contribution in [0, 0.1) is 0 Å². The average Bonchev–Trinajstić information content (AvgIpc) is 3.66. The van der Waals surface area contributed by atoms with E-state index in [1.54, 1.807) is 0 Å². The lowest BCUT2D eigenvalue weighted by molar-refractivity contribution is 0.660. The Labute approximate surface area is 309 Å². The van der Waals surface area contributed by atoms with Crippen molar-refractivity contribution in [3.8, 4) is 66.8 Å². The molecule has 0 N–H and O–H groups in total. The molecular formula is C53H34. The first kappa shape index (κ1) is 29.1. The molecule has 0 unspecified atom stereocenters. The Morgan fingerprint density at radius 3 is 1.57 bits per heavy atom. The van der Waals surface area contributed by atoms with Gasteiger partial charge in [-0.3, -0.25) is 0 Å². The maximum atomic E-state index is 2.46. The van der Waals surface area contributed by atoms with Crippen LogP contribution in [0.1, 0.15) is 25.0 Å². The molecule has 0 amide bonds. The second-order valence-corrected chi connectivity index (χ2v) is 15.6. The standard InChI is InChI=1S/C53H34/c1-53(2)48-16-6-5-13-42(48)43-23-21-34(30-49(43)53)35-27-36(38-22-19-33-18-17-31-9-7-10-32-20-24-46(38)51(33)50(31)32)29-37(28-35)39-25-26-47-41-12-4-3-11-40(41)45-15-8-14-44(39)52(45)47/h3-30H,1-2H3. The lowest BCUT2D eigenvalue weighted by Crippen LogP contribution is -2.14. The summed E-state index contributed by atoms with van der Waals surface area (Å²) in [7, 11) is 0. The normalized spacial score (nSPS) is 13.6. The van der Waals surface area contributed by atoms with Gasteiger partial charge in [0.05, 0.1) is 0 Å². The van der Waals surface area contributed by atoms with E-state index in [0.717, 1.165) is 0 Å². The molecule has 0 saturated carbocycles. The van der Waals surface area contributed by atoms with Gasteiger partial charge in [-0.1, -0.05) is 159 Å². The highest BCUT2D eigenvalue weighted by molar-refractivity contribution is 6.25. The van der Waals surface area contributed by atoms with Gasteiger partial charge in [-0.15, -0.1) is 0 Å². The second-order valence-electron chi connectivity index (χ2n) is 15.6. The van der Waals surface area contributed by atoms with E-state index in [9.17, 15) is 0 Å². The zero-order valence-corrected chi connectivity index (χ0v) is 29.7. The van der Waals surface area contributed by atoms with Crippen LogP contribution >= 0.6 is 0 Å². The van der Waals surface area contributed by atoms with Gasteiger partial charge < -0.3 is 0 Å². The summed E-state index contributed by atoms with van der Waals surface area (Å²) in [5.41, 5.74) is 18.3. The number of fused-ring (bicyclic) bond motifs is 6. The highest BCUT2D eigenvalue weighted by Crippen LogP contribution is 2.52. The van der Waals surface area contributed by atoms with E-state index in [2.05, 4.69) is 184 Å². The van der Waals surface area contributed by atoms with Crippen LogP contribution in [0.3, 0.4) is 0 Å². The number of benzene rings is 10. The van der Waals surface area contributed by atoms with E-state index >= 15 is 0 Å². The molecule has 0 aliphatic heterocycles. The first-order chi connectivity index (χ1) is 26.0. The summed E-state index contributed by atoms with van der Waals surface area (Å²) >= 11 is 0. The lowest BCUT2D eigenvalue weighted by Gasteiger charge is -2.22. The fraction of sp³-hybridized carbons (Fsp3) is 0.0566. The minimum Gasteiger partial charge on any atom is -0.0619 e. The summed E-state index contributed by atoms with van der Waals surface area (Å²) in [5.74, 6) is 0. The van der Waals surface area contributed by atoms with Crippen molar-refractivity contribution >= 4 is 43.1 Å². The van der Waals surface area contributed by atoms with Crippen molar-refractivity contribution in [1.82, 2.24) is 0 Å². The molecule has 2 aliphatic carbocycles. The van der Waals surface area contributed by atoms with Crippen molar-refractivity contribution in [1.29, 1.82) is 0 Å². The maximum absolute atomic E-state index is 2.46. The molecular weight excluding hydrogens is 637 g/mol. The summed E-state index contributed by atoms with van der Waals surface area (Å²) in [4.78, 5) is 0. The van der Waals surface area contributed by atoms with Gasteiger partial charge in [0.15, 0.2) is 0 Å². The molecule has 246 valence electrons. The fourth-order valence-electron chi connectivity index (χ4n) is 10.0. The largest absolute Gasteiger partial charge is 0.0619 e. The molecule has 0 heteroatoms. The van der Waals surface area contributed by atoms with Crippen molar-refractivity contribution in [2.24, 2.45) is 0 Å². The van der Waals surface area contributed by atoms with Crippen LogP contribution in [-0.2, 0) is 5.41 Å². The van der Waals surface area contributed by atoms with Crippen LogP contribution in [0.25, 0.3) is 110 Å². The third-order valence-corrected chi connectivity index (χ3v) is 12.5. The Hall–Kier alpha value is -6.50. The maximum Gasteiger partial charge on any atom is 0.0159 e. The number of hydrogen-bond donors (Lipinski definition) is 0. The molecule has 0 fully saturated rings. The third-order valence-electron chi connectivity index (χ3n) is 12.5. The minimum absolute atomic E-state index is 0.0683. The highest BCUT2D eigenvalue weighted by Gasteiger charge is 2.35. The first-order valence-electron chi connectivity index (χ1n) is 18.8. The molecule has 10 aromatic carbocycles. The number of hydrogen-bond acceptors (Lipinski definition) is 0. The van der Waals surface area contributed by atoms with Crippen LogP contribution < -0.4 is 0 Å². The molecule has 0 atom stereocenters. The fourth-order valence-corrected chi connectivity index (χ4v) is 10.0. The molecule has 0 spiro atoms. The predicted molar refractivity (Wildman–Crippen MR) is 226 cm³/mol. The summed E-state index contributed by atoms with van der Waals surface area (Å²) in [6.07, 6.45) is 0. The molecule has 0 radical (unpaired) electrons. The lowest BCUT2D eigenvalue weighted by atomic mass is 9.81. The Kier molecular flexibility index (Phi) is 5.66. The van der Waals surface area contributed by atoms with Gasteiger partial charge in [-0.05, 0) is 145 Å². The van der Waals surface area contributed by atoms with Gasteiger partial charge >= 0.3 is 0 Å². The van der Waals surface area contributed by atoms with E-state index < -0.39 is 0 Å². The Morgan fingerprint density at radius 2 is 0.792 bits per heavy atom. The van der Waals surface area contributed by atoms with Crippen LogP contribution in [0.2, 0.25) is 0 Å². The van der Waals surface area contributed by atoms with Crippen LogP contribution in [0.15, 0.2) is 170 Å². The van der Waals surface area contributed by atoms with Gasteiger partial charge in [0.2, 0.25) is 0 Å². The Balaban J connectivity index is 1.13. The van der Waals surface area contributed by atoms with Crippen LogP contribution in [0.4, 0.5) is 0 Å². The summed E-state index contributed by atoms with van der Waals surface area (Å²) in [6, 6.07) is 64.3. The highest BCUT2D eigenvalue weighted by atomic mass is 14.4. The van der Waals surface area contributed by atoms with E-state index in [1.165, 1.54) is 121 Å². The van der Waals surface area contributed by atoms with Crippen molar-refractivity contribution in [2.45, 2.75) is 19.3 Å². The van der Waals surface area contributed by atoms with Gasteiger partial charge in [0.25, 0.3) is 0 Å². The number of rotatable bonds is 3. The Bertz CT molecular complexity index is 3150. The van der Waals surface area contributed by atoms with E-state index in [-0.39, 0.29) is 5.41 Å². The average molecular weight is 671 g/mol. The Morgan fingerprint density at radius 1 is 0.283 bits per heavy atom. The van der Waals surface area contributed by atoms with E-state index in [4.69, 9.17) is 0 Å². The van der Waals surface area contributed by atoms with Crippen molar-refractivity contribution < 1.29 is 0 Å². The molecule has 2 aliphatic rings. The van der Waals surface area contributed by atoms with Crippen molar-refractivity contribution in [3.05, 3.63) is 181 Å². The first-order valence-corrected chi connectivity index (χ1v) is 18.8. The van der Waals surface area contributed by atoms with E-state index in [1.807, 2.05) is 0 Å². The smallest absolute Gasteiger partial charge is 0.0159 e. The predicted octanol–water partition coefficient (Wildman–Crippen LogP) is 14.7. The third kappa shape index (κ3) is 3.90. The summed E-state index contributed by atoms with van der Waals surface area (Å²) in [5, 5.41) is 10.6. The van der Waals surface area contributed by atoms with Gasteiger partial charge in [-0.2, -0.15) is 0 Å². The molecule has 0 heterocycles. The SMILES string of the molecule is CC1(C)c2ccccc2-c2ccc(-c3cc(-c4ccc5c6c(cccc46)-c4ccccc4-5)cc(-c4ccc5ccc6cccc7ccc4c5c67)c3)cc21. The van der Waals surface area contributed by atoms with E-state index in [0.29, 0.717) is 0 Å². The zero-order chi connectivity index (χ0) is 35.0. The van der Waals surface area contributed by atoms with Crippen molar-refractivity contribution in [2.75, 3.05) is 0 Å². The quantitative estimate of drug-likeness (QED) is 0.164. The molecule has 12 rings (SSSR count). The molecule has 0 saturated heterocycles. The molecule has 0 nitrogen and oxygen atoms in total. The monoisotopic (exact) mass is 670 g/mol. The molecule has 10 aromatic rings. The minimum atomic E-state index is -0.0683. The van der Waals surface area contributed by atoms with Crippen LogP contribution in [0.5, 0.6) is 0 Å². The molecule has 0 aromatic heterocycles. The van der Waals surface area contributed by atoms with Gasteiger partial charge in [0.1, 0.15) is 0 Å². The van der Waals surface area contributed by atoms with Crippen molar-refractivity contribution in [3.63, 3.8) is 0 Å². The second kappa shape index (κ2) is 10.3. The molecule has 0 bridgehead atoms. The molecule has 53 heavy (non-hydrogen) atoms. The van der Waals surface area contributed by atoms with Gasteiger partial charge in [-0.25, -0.2) is 0 Å². The topological polar surface area (TPSA) is 0 Å². The van der Waals surface area contributed by atoms with Gasteiger partial charge in [0, 0.05) is 5.41 Å². The zero-order valence-electron chi connectivity index (χ0n) is 29.7. The van der Waals surface area contributed by atoms with Crippen LogP contribution in [-0.4, -0.2) is 0 Å². The summed E-state index contributed by atoms with van der Waals surface area (Å²) < 4.78 is 0.